The Hall–Kier alpha value is -1.40. The zero-order valence-corrected chi connectivity index (χ0v) is 18.1. The van der Waals surface area contributed by atoms with Crippen LogP contribution >= 0.6 is 0 Å². The van der Waals surface area contributed by atoms with E-state index in [0.717, 1.165) is 44.1 Å². The van der Waals surface area contributed by atoms with Crippen LogP contribution in [0.3, 0.4) is 0 Å². The highest BCUT2D eigenvalue weighted by molar-refractivity contribution is 5.84. The summed E-state index contributed by atoms with van der Waals surface area (Å²) >= 11 is 0. The highest BCUT2D eigenvalue weighted by Crippen LogP contribution is 2.77. The average molecular weight is 416 g/mol. The number of fused-ring (bicyclic) bond motifs is 2. The zero-order chi connectivity index (χ0) is 21.1. The summed E-state index contributed by atoms with van der Waals surface area (Å²) in [6.07, 6.45) is 5.75. The molecule has 30 heavy (non-hydrogen) atoms. The highest BCUT2D eigenvalue weighted by Gasteiger charge is 2.80. The number of hydrogen-bond donors (Lipinski definition) is 1. The predicted octanol–water partition coefficient (Wildman–Crippen LogP) is 2.30. The highest BCUT2D eigenvalue weighted by atomic mass is 16.6. The molecule has 2 spiro atoms. The fourth-order valence-electron chi connectivity index (χ4n) is 9.35. The minimum Gasteiger partial charge on any atom is -0.457 e. The van der Waals surface area contributed by atoms with E-state index in [0.29, 0.717) is 30.8 Å². The summed E-state index contributed by atoms with van der Waals surface area (Å²) in [6, 6.07) is 0. The summed E-state index contributed by atoms with van der Waals surface area (Å²) in [5.74, 6) is 1.03. The van der Waals surface area contributed by atoms with Crippen LogP contribution in [0.4, 0.5) is 0 Å². The van der Waals surface area contributed by atoms with E-state index in [1.165, 1.54) is 6.92 Å². The Bertz CT molecular complexity index is 841. The Morgan fingerprint density at radius 1 is 1.23 bits per heavy atom. The van der Waals surface area contributed by atoms with E-state index in [9.17, 15) is 14.7 Å². The normalized spacial score (nSPS) is 53.0. The lowest BCUT2D eigenvalue weighted by Gasteiger charge is -2.78. The Morgan fingerprint density at radius 3 is 2.77 bits per heavy atom. The number of ether oxygens (including phenoxy) is 2. The predicted molar refractivity (Wildman–Crippen MR) is 108 cm³/mol. The van der Waals surface area contributed by atoms with Gasteiger partial charge in [0, 0.05) is 30.8 Å². The van der Waals surface area contributed by atoms with Crippen LogP contribution in [-0.2, 0) is 19.1 Å². The number of esters is 1. The third-order valence-electron chi connectivity index (χ3n) is 10.3. The van der Waals surface area contributed by atoms with Gasteiger partial charge in [0.25, 0.3) is 0 Å². The van der Waals surface area contributed by atoms with Gasteiger partial charge in [0.15, 0.2) is 0 Å². The minimum absolute atomic E-state index is 0.0119. The smallest absolute Gasteiger partial charge is 0.303 e. The largest absolute Gasteiger partial charge is 0.457 e. The molecule has 164 valence electrons. The standard InChI is InChI=1S/C24H33NO5/c1-13-15-4-7-23(20(13)29-14(2)27)17(10-15)24-12-25(8-9-26)21(28)22(3)6-5-18(24)30-19(23)11-16(22)24/h15-20,26H,1,4-12H2,2-3H3/t15-,16-,17+,18+,19-,20+,22+,23+,24+/m0/s1. The monoisotopic (exact) mass is 415 g/mol. The first-order chi connectivity index (χ1) is 14.3. The van der Waals surface area contributed by atoms with Crippen LogP contribution in [0.5, 0.6) is 0 Å². The maximum atomic E-state index is 13.5. The van der Waals surface area contributed by atoms with Gasteiger partial charge in [0.05, 0.1) is 24.2 Å². The van der Waals surface area contributed by atoms with Gasteiger partial charge in [-0.1, -0.05) is 13.5 Å². The number of amides is 1. The third-order valence-corrected chi connectivity index (χ3v) is 10.3. The van der Waals surface area contributed by atoms with Gasteiger partial charge in [-0.2, -0.15) is 0 Å². The number of hydrogen-bond acceptors (Lipinski definition) is 5. The lowest BCUT2D eigenvalue weighted by molar-refractivity contribution is -0.370. The molecular weight excluding hydrogens is 382 g/mol. The molecule has 5 aliphatic carbocycles. The van der Waals surface area contributed by atoms with Crippen molar-refractivity contribution in [2.75, 3.05) is 19.7 Å². The Balaban J connectivity index is 1.51. The van der Waals surface area contributed by atoms with Crippen LogP contribution in [0.1, 0.15) is 52.4 Å². The van der Waals surface area contributed by atoms with Crippen molar-refractivity contribution in [3.05, 3.63) is 12.2 Å². The molecule has 0 aromatic heterocycles. The van der Waals surface area contributed by atoms with Crippen molar-refractivity contribution in [1.82, 2.24) is 4.90 Å². The Kier molecular flexibility index (Phi) is 3.79. The molecule has 0 radical (unpaired) electrons. The van der Waals surface area contributed by atoms with E-state index in [2.05, 4.69) is 13.5 Å². The number of piperidine rings is 1. The molecule has 0 aromatic rings. The molecule has 1 N–H and O–H groups in total. The Labute approximate surface area is 178 Å². The minimum atomic E-state index is -0.377. The lowest BCUT2D eigenvalue weighted by atomic mass is 9.32. The van der Waals surface area contributed by atoms with E-state index >= 15 is 0 Å². The summed E-state index contributed by atoms with van der Waals surface area (Å²) in [7, 11) is 0. The molecule has 5 saturated carbocycles. The van der Waals surface area contributed by atoms with E-state index in [1.807, 2.05) is 4.90 Å². The molecule has 8 fully saturated rings. The first-order valence-corrected chi connectivity index (χ1v) is 11.7. The SMILES string of the molecule is C=C1[C@H]2CC[C@]3([C@@H](C2)[C@]24CN(CCO)C(=O)[C@]5(C)CC[C@H]2O[C@H]3C[C@H]45)[C@@H]1OC(C)=O. The van der Waals surface area contributed by atoms with Crippen molar-refractivity contribution in [2.24, 2.45) is 34.0 Å². The molecular formula is C24H33NO5. The van der Waals surface area contributed by atoms with Gasteiger partial charge in [-0.3, -0.25) is 9.59 Å². The number of β-amino-alcohol motifs (C(OH)–C–C–N with tert-alkyl or cyclic N) is 1. The number of carbonyl (C=O) groups excluding carboxylic acids is 2. The maximum Gasteiger partial charge on any atom is 0.303 e. The van der Waals surface area contributed by atoms with Crippen LogP contribution < -0.4 is 0 Å². The van der Waals surface area contributed by atoms with Gasteiger partial charge >= 0.3 is 5.97 Å². The fourth-order valence-corrected chi connectivity index (χ4v) is 9.35. The second-order valence-corrected chi connectivity index (χ2v) is 11.1. The number of rotatable bonds is 3. The van der Waals surface area contributed by atoms with Crippen molar-refractivity contribution in [3.63, 3.8) is 0 Å². The van der Waals surface area contributed by atoms with Crippen LogP contribution in [0, 0.1) is 34.0 Å². The first kappa shape index (κ1) is 19.3. The average Bonchev–Trinajstić information content (AvgIpc) is 2.71. The summed E-state index contributed by atoms with van der Waals surface area (Å²) in [5, 5.41) is 9.67. The van der Waals surface area contributed by atoms with Crippen LogP contribution in [0.25, 0.3) is 0 Å². The van der Waals surface area contributed by atoms with Gasteiger partial charge in [-0.25, -0.2) is 0 Å². The second-order valence-electron chi connectivity index (χ2n) is 11.1. The van der Waals surface area contributed by atoms with Crippen molar-refractivity contribution in [1.29, 1.82) is 0 Å². The number of carbonyl (C=O) groups is 2. The van der Waals surface area contributed by atoms with Crippen LogP contribution in [-0.4, -0.2) is 59.9 Å². The van der Waals surface area contributed by atoms with E-state index in [4.69, 9.17) is 9.47 Å². The van der Waals surface area contributed by atoms with Crippen molar-refractivity contribution in [3.8, 4) is 0 Å². The maximum absolute atomic E-state index is 13.5. The number of nitrogens with zero attached hydrogens (tertiary/aromatic N) is 1. The summed E-state index contributed by atoms with van der Waals surface area (Å²) < 4.78 is 12.8. The quantitative estimate of drug-likeness (QED) is 0.565. The van der Waals surface area contributed by atoms with Gasteiger partial charge in [-0.15, -0.1) is 0 Å². The van der Waals surface area contributed by atoms with Crippen LogP contribution in [0.2, 0.25) is 0 Å². The molecule has 6 heteroatoms. The first-order valence-electron chi connectivity index (χ1n) is 11.7. The molecule has 3 heterocycles. The Morgan fingerprint density at radius 2 is 2.03 bits per heavy atom. The van der Waals surface area contributed by atoms with Crippen molar-refractivity contribution >= 4 is 11.9 Å². The van der Waals surface area contributed by atoms with Crippen molar-refractivity contribution < 1.29 is 24.2 Å². The molecule has 1 amide bonds. The molecule has 8 rings (SSSR count). The van der Waals surface area contributed by atoms with Crippen molar-refractivity contribution in [2.45, 2.75) is 70.7 Å². The summed E-state index contributed by atoms with van der Waals surface area (Å²) in [5.41, 5.74) is 0.377. The molecule has 3 aliphatic heterocycles. The number of aliphatic hydroxyl groups excluding tert-OH is 1. The summed E-state index contributed by atoms with van der Waals surface area (Å²) in [4.78, 5) is 27.5. The van der Waals surface area contributed by atoms with Gasteiger partial charge < -0.3 is 19.5 Å². The molecule has 0 unspecified atom stereocenters. The molecule has 7 bridgehead atoms. The molecule has 6 nitrogen and oxygen atoms in total. The number of aliphatic hydroxyl groups is 1. The molecule has 9 atom stereocenters. The number of likely N-dealkylation sites (tertiary alicyclic amines) is 1. The topological polar surface area (TPSA) is 76.1 Å². The third kappa shape index (κ3) is 1.95. The molecule has 3 saturated heterocycles. The van der Waals surface area contributed by atoms with E-state index in [-0.39, 0.29) is 53.0 Å². The van der Waals surface area contributed by atoms with E-state index < -0.39 is 0 Å². The summed E-state index contributed by atoms with van der Waals surface area (Å²) in [6.45, 7) is 9.10. The lowest BCUT2D eigenvalue weighted by Crippen LogP contribution is -2.82. The van der Waals surface area contributed by atoms with Gasteiger partial charge in [0.1, 0.15) is 6.10 Å². The van der Waals surface area contributed by atoms with Crippen LogP contribution in [0.15, 0.2) is 12.2 Å². The van der Waals surface area contributed by atoms with Gasteiger partial charge in [0.2, 0.25) is 5.91 Å². The zero-order valence-electron chi connectivity index (χ0n) is 18.1. The fraction of sp³-hybridized carbons (Fsp3) is 0.833. The molecule has 0 aromatic carbocycles. The van der Waals surface area contributed by atoms with E-state index in [1.54, 1.807) is 0 Å². The molecule has 8 aliphatic rings. The second kappa shape index (κ2) is 5.89. The van der Waals surface area contributed by atoms with Gasteiger partial charge in [-0.05, 0) is 61.9 Å².